The van der Waals surface area contributed by atoms with E-state index in [2.05, 4.69) is 4.72 Å². The molecule has 7 heteroatoms. The van der Waals surface area contributed by atoms with Gasteiger partial charge in [0.05, 0.1) is 22.9 Å². The topological polar surface area (TPSA) is 55.4 Å². The third-order valence-electron chi connectivity index (χ3n) is 3.79. The molecule has 0 saturated heterocycles. The molecule has 0 spiro atoms. The molecule has 1 N–H and O–H groups in total. The van der Waals surface area contributed by atoms with Gasteiger partial charge in [0.25, 0.3) is 0 Å². The van der Waals surface area contributed by atoms with Gasteiger partial charge in [-0.2, -0.15) is 0 Å². The number of benzene rings is 2. The lowest BCUT2D eigenvalue weighted by molar-refractivity contribution is 0.413. The molecular weight excluding hydrogens is 381 g/mol. The van der Waals surface area contributed by atoms with Gasteiger partial charge in [-0.3, -0.25) is 0 Å². The van der Waals surface area contributed by atoms with Crippen LogP contribution in [0.2, 0.25) is 10.0 Å². The minimum Gasteiger partial charge on any atom is -0.497 e. The molecule has 0 heterocycles. The Kier molecular flexibility index (Phi) is 6.74. The second kappa shape index (κ2) is 8.41. The Bertz CT molecular complexity index is 821. The van der Waals surface area contributed by atoms with E-state index in [0.29, 0.717) is 15.6 Å². The number of methoxy groups -OCH3 is 1. The molecule has 0 aliphatic heterocycles. The van der Waals surface area contributed by atoms with Gasteiger partial charge >= 0.3 is 0 Å². The van der Waals surface area contributed by atoms with Crippen molar-refractivity contribution in [1.29, 1.82) is 0 Å². The van der Waals surface area contributed by atoms with E-state index in [9.17, 15) is 8.42 Å². The van der Waals surface area contributed by atoms with E-state index in [0.717, 1.165) is 11.3 Å². The lowest BCUT2D eigenvalue weighted by atomic mass is 9.97. The first-order valence-electron chi connectivity index (χ1n) is 7.79. The van der Waals surface area contributed by atoms with E-state index >= 15 is 0 Å². The van der Waals surface area contributed by atoms with Crippen LogP contribution in [0.4, 0.5) is 0 Å². The highest BCUT2D eigenvalue weighted by Crippen LogP contribution is 2.27. The molecule has 2 rings (SSSR count). The number of hydrogen-bond acceptors (Lipinski definition) is 3. The van der Waals surface area contributed by atoms with Gasteiger partial charge in [-0.15, -0.1) is 0 Å². The Hall–Kier alpha value is -1.27. The summed E-state index contributed by atoms with van der Waals surface area (Å²) in [6, 6.07) is 11.9. The zero-order chi connectivity index (χ0) is 18.6. The summed E-state index contributed by atoms with van der Waals surface area (Å²) in [5.74, 6) is 0.644. The van der Waals surface area contributed by atoms with Gasteiger partial charge in [0.2, 0.25) is 10.0 Å². The molecule has 136 valence electrons. The summed E-state index contributed by atoms with van der Waals surface area (Å²) in [4.78, 5) is 0. The van der Waals surface area contributed by atoms with Crippen molar-refractivity contribution in [3.8, 4) is 5.75 Å². The fraction of sp³-hybridized carbons (Fsp3) is 0.333. The van der Waals surface area contributed by atoms with Crippen molar-refractivity contribution in [3.05, 3.63) is 63.6 Å². The maximum Gasteiger partial charge on any atom is 0.216 e. The van der Waals surface area contributed by atoms with Crippen molar-refractivity contribution in [2.45, 2.75) is 25.6 Å². The molecule has 0 amide bonds. The molecule has 1 atom stereocenters. The second-order valence-electron chi connectivity index (χ2n) is 6.12. The fourth-order valence-corrected chi connectivity index (χ4v) is 4.30. The van der Waals surface area contributed by atoms with Gasteiger partial charge in [-0.05, 0) is 41.3 Å². The number of sulfonamides is 1. The predicted molar refractivity (Wildman–Crippen MR) is 103 cm³/mol. The van der Waals surface area contributed by atoms with Crippen LogP contribution in [-0.2, 0) is 15.8 Å². The highest BCUT2D eigenvalue weighted by molar-refractivity contribution is 7.88. The molecule has 0 radical (unpaired) electrons. The van der Waals surface area contributed by atoms with Crippen molar-refractivity contribution in [2.24, 2.45) is 5.92 Å². The predicted octanol–water partition coefficient (Wildman–Crippen LogP) is 4.82. The van der Waals surface area contributed by atoms with Crippen LogP contribution in [0.3, 0.4) is 0 Å². The van der Waals surface area contributed by atoms with Gasteiger partial charge in [0, 0.05) is 6.04 Å². The van der Waals surface area contributed by atoms with Gasteiger partial charge in [-0.25, -0.2) is 13.1 Å². The van der Waals surface area contributed by atoms with Crippen LogP contribution in [-0.4, -0.2) is 15.5 Å². The molecule has 0 aliphatic carbocycles. The molecule has 0 aliphatic rings. The SMILES string of the molecule is COc1ccc(C(NS(=O)(=O)Cc2ccc(Cl)c(Cl)c2)C(C)C)cc1. The second-order valence-corrected chi connectivity index (χ2v) is 8.69. The molecular formula is C18H21Cl2NO3S. The quantitative estimate of drug-likeness (QED) is 0.723. The highest BCUT2D eigenvalue weighted by Gasteiger charge is 2.23. The number of hydrogen-bond donors (Lipinski definition) is 1. The highest BCUT2D eigenvalue weighted by atomic mass is 35.5. The molecule has 0 fully saturated rings. The number of nitrogens with one attached hydrogen (secondary N) is 1. The first kappa shape index (κ1) is 20.0. The van der Waals surface area contributed by atoms with E-state index in [1.54, 1.807) is 25.3 Å². The van der Waals surface area contributed by atoms with Crippen molar-refractivity contribution >= 4 is 33.2 Å². The summed E-state index contributed by atoms with van der Waals surface area (Å²) in [6.07, 6.45) is 0. The molecule has 25 heavy (non-hydrogen) atoms. The Morgan fingerprint density at radius 1 is 1.04 bits per heavy atom. The summed E-state index contributed by atoms with van der Waals surface area (Å²) in [6.45, 7) is 3.94. The molecule has 2 aromatic rings. The molecule has 0 bridgehead atoms. The number of rotatable bonds is 7. The first-order valence-corrected chi connectivity index (χ1v) is 10.2. The van der Waals surface area contributed by atoms with Crippen LogP contribution in [0.15, 0.2) is 42.5 Å². The van der Waals surface area contributed by atoms with Crippen molar-refractivity contribution < 1.29 is 13.2 Å². The minimum atomic E-state index is -3.56. The number of ether oxygens (including phenoxy) is 1. The lowest BCUT2D eigenvalue weighted by Gasteiger charge is -2.23. The molecule has 4 nitrogen and oxygen atoms in total. The normalized spacial score (nSPS) is 13.0. The molecule has 0 aromatic heterocycles. The summed E-state index contributed by atoms with van der Waals surface area (Å²) in [7, 11) is -1.96. The van der Waals surface area contributed by atoms with E-state index in [-0.39, 0.29) is 17.7 Å². The largest absolute Gasteiger partial charge is 0.497 e. The van der Waals surface area contributed by atoms with Crippen LogP contribution in [0.25, 0.3) is 0 Å². The van der Waals surface area contributed by atoms with E-state index < -0.39 is 10.0 Å². The van der Waals surface area contributed by atoms with Crippen molar-refractivity contribution in [3.63, 3.8) is 0 Å². The van der Waals surface area contributed by atoms with Crippen LogP contribution in [0.1, 0.15) is 31.0 Å². The van der Waals surface area contributed by atoms with E-state index in [1.807, 2.05) is 38.1 Å². The van der Waals surface area contributed by atoms with E-state index in [1.165, 1.54) is 0 Å². The zero-order valence-electron chi connectivity index (χ0n) is 14.3. The third kappa shape index (κ3) is 5.61. The summed E-state index contributed by atoms with van der Waals surface area (Å²) in [5, 5.41) is 0.735. The van der Waals surface area contributed by atoms with Crippen LogP contribution >= 0.6 is 23.2 Å². The minimum absolute atomic E-state index is 0.0805. The van der Waals surface area contributed by atoms with Crippen molar-refractivity contribution in [2.75, 3.05) is 7.11 Å². The lowest BCUT2D eigenvalue weighted by Crippen LogP contribution is -2.32. The van der Waals surface area contributed by atoms with Gasteiger partial charge < -0.3 is 4.74 Å². The monoisotopic (exact) mass is 401 g/mol. The first-order chi connectivity index (χ1) is 11.7. The Morgan fingerprint density at radius 3 is 2.20 bits per heavy atom. The summed E-state index contributed by atoms with van der Waals surface area (Å²) >= 11 is 11.8. The van der Waals surface area contributed by atoms with E-state index in [4.69, 9.17) is 27.9 Å². The Balaban J connectivity index is 2.20. The Morgan fingerprint density at radius 2 is 1.68 bits per heavy atom. The van der Waals surface area contributed by atoms with Crippen LogP contribution in [0.5, 0.6) is 5.75 Å². The maximum absolute atomic E-state index is 12.6. The molecule has 2 aromatic carbocycles. The summed E-state index contributed by atoms with van der Waals surface area (Å²) in [5.41, 5.74) is 1.47. The third-order valence-corrected chi connectivity index (χ3v) is 5.85. The standard InChI is InChI=1S/C18H21Cl2NO3S/c1-12(2)18(14-5-7-15(24-3)8-6-14)21-25(22,23)11-13-4-9-16(19)17(20)10-13/h4-10,12,18,21H,11H2,1-3H3. The average molecular weight is 402 g/mol. The number of halogens is 2. The van der Waals surface area contributed by atoms with Crippen LogP contribution in [0, 0.1) is 5.92 Å². The van der Waals surface area contributed by atoms with Crippen LogP contribution < -0.4 is 9.46 Å². The zero-order valence-corrected chi connectivity index (χ0v) is 16.6. The average Bonchev–Trinajstić information content (AvgIpc) is 2.56. The van der Waals surface area contributed by atoms with Crippen molar-refractivity contribution in [1.82, 2.24) is 4.72 Å². The van der Waals surface area contributed by atoms with Gasteiger partial charge in [0.15, 0.2) is 0 Å². The Labute approximate surface area is 159 Å². The molecule has 1 unspecified atom stereocenters. The van der Waals surface area contributed by atoms with Gasteiger partial charge in [0.1, 0.15) is 5.75 Å². The fourth-order valence-electron chi connectivity index (χ4n) is 2.48. The maximum atomic E-state index is 12.6. The van der Waals surface area contributed by atoms with Gasteiger partial charge in [-0.1, -0.05) is 55.2 Å². The summed E-state index contributed by atoms with van der Waals surface area (Å²) < 4.78 is 33.1. The molecule has 0 saturated carbocycles. The smallest absolute Gasteiger partial charge is 0.216 e.